The maximum absolute atomic E-state index is 14.7. The van der Waals surface area contributed by atoms with Crippen LogP contribution in [0.3, 0.4) is 0 Å². The van der Waals surface area contributed by atoms with Gasteiger partial charge >= 0.3 is 0 Å². The van der Waals surface area contributed by atoms with Crippen molar-refractivity contribution in [2.24, 2.45) is 199 Å². The molecule has 9 saturated carbocycles. The molecule has 9 rings (SSSR count). The minimum absolute atomic E-state index is 0.116. The minimum atomic E-state index is 0.116. The Morgan fingerprint density at radius 3 is 1.69 bits per heavy atom. The zero-order chi connectivity index (χ0) is 55.1. The van der Waals surface area contributed by atoms with Gasteiger partial charge in [0.1, 0.15) is 5.78 Å². The van der Waals surface area contributed by atoms with E-state index in [4.69, 9.17) is 0 Å². The lowest BCUT2D eigenvalue weighted by molar-refractivity contribution is -0.274. The van der Waals surface area contributed by atoms with Gasteiger partial charge in [-0.25, -0.2) is 0 Å². The Kier molecular flexibility index (Phi) is 16.7. The van der Waals surface area contributed by atoms with E-state index in [0.717, 1.165) is 130 Å². The van der Waals surface area contributed by atoms with Gasteiger partial charge in [0.15, 0.2) is 0 Å². The Morgan fingerprint density at radius 1 is 0.533 bits per heavy atom. The molecule has 9 aliphatic carbocycles. The molecule has 432 valence electrons. The van der Waals surface area contributed by atoms with Crippen LogP contribution in [-0.4, -0.2) is 5.78 Å². The summed E-state index contributed by atoms with van der Waals surface area (Å²) >= 11 is 0. The smallest absolute Gasteiger partial charge is 0.133 e. The van der Waals surface area contributed by atoms with Crippen molar-refractivity contribution in [2.45, 2.75) is 262 Å². The monoisotopic (exact) mass is 1040 g/mol. The van der Waals surface area contributed by atoms with Crippen LogP contribution in [0.4, 0.5) is 0 Å². The normalized spacial score (nSPS) is 56.3. The quantitative estimate of drug-likeness (QED) is 0.213. The molecule has 0 heterocycles. The molecule has 0 bridgehead atoms. The summed E-state index contributed by atoms with van der Waals surface area (Å²) in [5.74, 6) is 23.2. The number of Topliss-reactive ketones (excluding diaryl/α,β-unsaturated/α-hetero) is 1. The molecular weight excluding hydrogens is 905 g/mol. The van der Waals surface area contributed by atoms with Crippen LogP contribution in [0.2, 0.25) is 0 Å². The van der Waals surface area contributed by atoms with Crippen molar-refractivity contribution < 1.29 is 4.79 Å². The van der Waals surface area contributed by atoms with Gasteiger partial charge in [0.2, 0.25) is 0 Å². The second kappa shape index (κ2) is 21.1. The van der Waals surface area contributed by atoms with Crippen molar-refractivity contribution in [1.29, 1.82) is 0 Å². The Bertz CT molecular complexity index is 1970. The first-order chi connectivity index (χ1) is 35.1. The maximum atomic E-state index is 14.7. The van der Waals surface area contributed by atoms with Crippen molar-refractivity contribution in [3.8, 4) is 0 Å². The average Bonchev–Trinajstić information content (AvgIpc) is 3.36. The van der Waals surface area contributed by atoms with Gasteiger partial charge in [0.25, 0.3) is 0 Å². The van der Waals surface area contributed by atoms with Crippen molar-refractivity contribution in [2.75, 3.05) is 0 Å². The highest BCUT2D eigenvalue weighted by atomic mass is 16.1. The van der Waals surface area contributed by atoms with E-state index >= 15 is 0 Å². The van der Waals surface area contributed by atoms with E-state index in [0.29, 0.717) is 57.5 Å². The molecule has 1 nitrogen and oxygen atoms in total. The Morgan fingerprint density at radius 2 is 1.11 bits per heavy atom. The van der Waals surface area contributed by atoms with Gasteiger partial charge in [-0.15, -0.1) is 0 Å². The zero-order valence-electron chi connectivity index (χ0n) is 54.5. The predicted octanol–water partition coefficient (Wildman–Crippen LogP) is 21.2. The molecule has 0 radical (unpaired) electrons. The lowest BCUT2D eigenvalue weighted by atomic mass is 9.29. The van der Waals surface area contributed by atoms with E-state index < -0.39 is 0 Å². The summed E-state index contributed by atoms with van der Waals surface area (Å²) in [6.07, 6.45) is 22.6. The third kappa shape index (κ3) is 8.61. The molecule has 0 saturated heterocycles. The van der Waals surface area contributed by atoms with Crippen LogP contribution in [-0.2, 0) is 4.79 Å². The van der Waals surface area contributed by atoms with Crippen LogP contribution in [0.1, 0.15) is 262 Å². The molecule has 9 fully saturated rings. The largest absolute Gasteiger partial charge is 0.300 e. The summed E-state index contributed by atoms with van der Waals surface area (Å²) in [5, 5.41) is 0. The highest BCUT2D eigenvalue weighted by Gasteiger charge is 2.74. The molecule has 0 aromatic carbocycles. The minimum Gasteiger partial charge on any atom is -0.300 e. The van der Waals surface area contributed by atoms with E-state index in [1.54, 1.807) is 6.42 Å². The van der Waals surface area contributed by atoms with Crippen molar-refractivity contribution in [3.63, 3.8) is 0 Å². The number of hydrogen-bond acceptors (Lipinski definition) is 1. The van der Waals surface area contributed by atoms with Crippen LogP contribution < -0.4 is 0 Å². The summed E-state index contributed by atoms with van der Waals surface area (Å²) in [5.41, 5.74) is 1.44. The van der Waals surface area contributed by atoms with Crippen molar-refractivity contribution in [3.05, 3.63) is 0 Å². The van der Waals surface area contributed by atoms with Crippen LogP contribution in [0.25, 0.3) is 0 Å². The lowest BCUT2D eigenvalue weighted by Crippen LogP contribution is -2.70. The SMILES string of the molecule is CCC(C)C(C)CC1C(C(C)=O)C2(CC)C(CC1(C)C)C1CCC3C(CCC4C3(C)CCC3C5CC(C(C)C)C(C6CC(CC)C(C)C(C)C6C)C(C)C5C5CC(CC)C(C)C(C)C5CC(C)C34C)C1(C)[C@H](C)C2C. The number of hydrogen-bond donors (Lipinski definition) is 0. The second-order valence-electron chi connectivity index (χ2n) is 34.1. The fourth-order valence-electron chi connectivity index (χ4n) is 27.3. The van der Waals surface area contributed by atoms with Crippen LogP contribution >= 0.6 is 0 Å². The summed E-state index contributed by atoms with van der Waals surface area (Å²) in [6, 6.07) is 0. The van der Waals surface area contributed by atoms with Gasteiger partial charge in [-0.2, -0.15) is 0 Å². The van der Waals surface area contributed by atoms with Gasteiger partial charge in [0, 0.05) is 5.92 Å². The van der Waals surface area contributed by atoms with Crippen molar-refractivity contribution in [1.82, 2.24) is 0 Å². The molecule has 1 heteroatoms. The van der Waals surface area contributed by atoms with E-state index in [-0.39, 0.29) is 16.7 Å². The first-order valence-electron chi connectivity index (χ1n) is 34.6. The van der Waals surface area contributed by atoms with Gasteiger partial charge in [-0.05, 0) is 283 Å². The summed E-state index contributed by atoms with van der Waals surface area (Å²) < 4.78 is 0. The maximum Gasteiger partial charge on any atom is 0.133 e. The predicted molar refractivity (Wildman–Crippen MR) is 323 cm³/mol. The lowest BCUT2D eigenvalue weighted by Gasteiger charge is -2.75. The van der Waals surface area contributed by atoms with Gasteiger partial charge < -0.3 is 0 Å². The molecule has 9 aliphatic rings. The first kappa shape index (κ1) is 59.3. The van der Waals surface area contributed by atoms with E-state index in [9.17, 15) is 4.79 Å². The first-order valence-corrected chi connectivity index (χ1v) is 34.6. The zero-order valence-corrected chi connectivity index (χ0v) is 54.5. The fraction of sp³-hybridized carbons (Fsp3) is 0.986. The van der Waals surface area contributed by atoms with Crippen LogP contribution in [0.5, 0.6) is 0 Å². The van der Waals surface area contributed by atoms with Gasteiger partial charge in [0.05, 0.1) is 0 Å². The summed E-state index contributed by atoms with van der Waals surface area (Å²) in [7, 11) is 0. The van der Waals surface area contributed by atoms with Crippen LogP contribution in [0.15, 0.2) is 0 Å². The van der Waals surface area contributed by atoms with E-state index in [1.807, 2.05) is 6.92 Å². The van der Waals surface area contributed by atoms with Crippen molar-refractivity contribution >= 4 is 5.78 Å². The molecule has 0 spiro atoms. The molecule has 75 heavy (non-hydrogen) atoms. The fourth-order valence-corrected chi connectivity index (χ4v) is 27.3. The Balaban J connectivity index is 1.09. The third-order valence-corrected chi connectivity index (χ3v) is 32.5. The van der Waals surface area contributed by atoms with E-state index in [1.165, 1.54) is 96.3 Å². The highest BCUT2D eigenvalue weighted by Crippen LogP contribution is 2.79. The third-order valence-electron chi connectivity index (χ3n) is 32.5. The van der Waals surface area contributed by atoms with Gasteiger partial charge in [-0.1, -0.05) is 172 Å². The number of carbonyl (C=O) groups excluding carboxylic acids is 1. The molecule has 0 amide bonds. The van der Waals surface area contributed by atoms with Gasteiger partial charge in [-0.3, -0.25) is 4.79 Å². The number of ketones is 1. The molecule has 0 aliphatic heterocycles. The molecular formula is C74H130O. The number of fused-ring (bicyclic) bond motifs is 13. The number of rotatable bonds is 10. The summed E-state index contributed by atoms with van der Waals surface area (Å²) in [4.78, 5) is 14.7. The standard InChI is InChI=1S/C74H130O/c1-24-41(7)42(8)34-64-69(52(18)75)74(27-4)51(17)50(16)73(23)62-30-31-66-71(21,61(62)28-29-63(73)65(74)39-70(64,19)20)33-32-60-59-38-55(40(5)6)67(57-36-53(25-2)45(11)44(10)47(57)13)49(15)68(59)58-37-54(26-3)46(12)48(14)56(58)35-43(9)72(60,66)22/h40-51,53-69H,24-39H2,1-23H3/t41?,42?,43?,44?,45?,46?,47?,48?,49?,50-,51?,53?,54?,55?,56?,57?,58?,59?,60?,61?,62?,63?,64?,65?,66?,67?,68?,69?,71?,72?,73?,74?/m1/s1. The van der Waals surface area contributed by atoms with Crippen LogP contribution in [0, 0.1) is 199 Å². The second-order valence-corrected chi connectivity index (χ2v) is 34.1. The molecule has 0 aromatic rings. The highest BCUT2D eigenvalue weighted by molar-refractivity contribution is 5.80. The molecule has 32 atom stereocenters. The Labute approximate surface area is 468 Å². The van der Waals surface area contributed by atoms with E-state index in [2.05, 4.69) is 152 Å². The molecule has 0 N–H and O–H groups in total. The molecule has 31 unspecified atom stereocenters. The molecule has 0 aromatic heterocycles. The topological polar surface area (TPSA) is 17.1 Å². The Hall–Kier alpha value is -0.330. The summed E-state index contributed by atoms with van der Waals surface area (Å²) in [6.45, 7) is 61.6. The number of carbonyl (C=O) groups is 1. The average molecular weight is 1040 g/mol.